The van der Waals surface area contributed by atoms with Gasteiger partial charge in [-0.2, -0.15) is 0 Å². The fourth-order valence-corrected chi connectivity index (χ4v) is 2.51. The average molecular weight is 223 g/mol. The lowest BCUT2D eigenvalue weighted by Gasteiger charge is -2.17. The van der Waals surface area contributed by atoms with Crippen molar-refractivity contribution in [3.8, 4) is 0 Å². The molecule has 1 aromatic rings. The second kappa shape index (κ2) is 5.46. The summed E-state index contributed by atoms with van der Waals surface area (Å²) in [6, 6.07) is 0. The molecule has 4 heteroatoms. The Bertz CT molecular complexity index is 324. The number of nitrogens with zero attached hydrogens (tertiary/aromatic N) is 3. The van der Waals surface area contributed by atoms with Crippen molar-refractivity contribution in [2.75, 3.05) is 13.1 Å². The number of imidazole rings is 1. The van der Waals surface area contributed by atoms with Crippen molar-refractivity contribution in [3.05, 3.63) is 18.2 Å². The van der Waals surface area contributed by atoms with Crippen molar-refractivity contribution in [2.24, 2.45) is 5.92 Å². The van der Waals surface area contributed by atoms with Crippen molar-refractivity contribution in [1.82, 2.24) is 14.5 Å². The highest BCUT2D eigenvalue weighted by Gasteiger charge is 2.21. The predicted octanol–water partition coefficient (Wildman–Crippen LogP) is 1.45. The molecule has 0 amide bonds. The Morgan fingerprint density at radius 1 is 1.56 bits per heavy atom. The molecular formula is C12H21N3O. The van der Waals surface area contributed by atoms with Crippen LogP contribution in [0.2, 0.25) is 0 Å². The third kappa shape index (κ3) is 2.62. The van der Waals surface area contributed by atoms with Gasteiger partial charge in [-0.15, -0.1) is 0 Å². The summed E-state index contributed by atoms with van der Waals surface area (Å²) in [7, 11) is 0. The molecule has 90 valence electrons. The van der Waals surface area contributed by atoms with Crippen LogP contribution < -0.4 is 0 Å². The summed E-state index contributed by atoms with van der Waals surface area (Å²) >= 11 is 0. The summed E-state index contributed by atoms with van der Waals surface area (Å²) in [5, 5.41) is 9.14. The van der Waals surface area contributed by atoms with Crippen LogP contribution in [-0.2, 0) is 13.3 Å². The lowest BCUT2D eigenvalue weighted by Crippen LogP contribution is -2.24. The highest BCUT2D eigenvalue weighted by atomic mass is 16.3. The molecule has 16 heavy (non-hydrogen) atoms. The van der Waals surface area contributed by atoms with E-state index in [4.69, 9.17) is 5.11 Å². The predicted molar refractivity (Wildman–Crippen MR) is 62.7 cm³/mol. The maximum absolute atomic E-state index is 9.14. The van der Waals surface area contributed by atoms with Gasteiger partial charge in [0.25, 0.3) is 0 Å². The van der Waals surface area contributed by atoms with Gasteiger partial charge >= 0.3 is 0 Å². The van der Waals surface area contributed by atoms with E-state index in [0.29, 0.717) is 0 Å². The topological polar surface area (TPSA) is 41.3 Å². The van der Waals surface area contributed by atoms with E-state index in [-0.39, 0.29) is 6.61 Å². The van der Waals surface area contributed by atoms with Crippen LogP contribution >= 0.6 is 0 Å². The molecular weight excluding hydrogens is 202 g/mol. The normalized spacial score (nSPS) is 21.8. The van der Waals surface area contributed by atoms with E-state index in [2.05, 4.69) is 16.8 Å². The molecule has 1 atom stereocenters. The maximum atomic E-state index is 9.14. The summed E-state index contributed by atoms with van der Waals surface area (Å²) in [5.74, 6) is 0.867. The first-order valence-corrected chi connectivity index (χ1v) is 6.15. The Balaban J connectivity index is 1.87. The largest absolute Gasteiger partial charge is 0.390 e. The molecule has 1 aromatic heterocycles. The van der Waals surface area contributed by atoms with E-state index in [1.54, 1.807) is 12.5 Å². The minimum Gasteiger partial charge on any atom is -0.390 e. The average Bonchev–Trinajstić information content (AvgIpc) is 2.89. The zero-order chi connectivity index (χ0) is 11.4. The number of aliphatic hydroxyl groups excluding tert-OH is 1. The van der Waals surface area contributed by atoms with Crippen molar-refractivity contribution in [3.63, 3.8) is 0 Å². The third-order valence-electron chi connectivity index (χ3n) is 3.38. The molecule has 4 nitrogen and oxygen atoms in total. The molecule has 1 fully saturated rings. The van der Waals surface area contributed by atoms with Gasteiger partial charge in [-0.1, -0.05) is 13.3 Å². The van der Waals surface area contributed by atoms with Crippen molar-refractivity contribution in [2.45, 2.75) is 39.5 Å². The molecule has 1 aliphatic heterocycles. The van der Waals surface area contributed by atoms with E-state index in [0.717, 1.165) is 18.3 Å². The molecule has 1 unspecified atom stereocenters. The second-order valence-corrected chi connectivity index (χ2v) is 4.67. The Labute approximate surface area is 96.9 Å². The van der Waals surface area contributed by atoms with Crippen LogP contribution in [0.4, 0.5) is 0 Å². The Kier molecular flexibility index (Phi) is 3.96. The first kappa shape index (κ1) is 11.6. The Morgan fingerprint density at radius 3 is 3.19 bits per heavy atom. The van der Waals surface area contributed by atoms with Crippen LogP contribution in [-0.4, -0.2) is 32.6 Å². The van der Waals surface area contributed by atoms with Crippen LogP contribution in [0.1, 0.15) is 31.9 Å². The lowest BCUT2D eigenvalue weighted by molar-refractivity contribution is 0.230. The van der Waals surface area contributed by atoms with Gasteiger partial charge in [0.1, 0.15) is 0 Å². The van der Waals surface area contributed by atoms with Crippen LogP contribution in [0, 0.1) is 5.92 Å². The summed E-state index contributed by atoms with van der Waals surface area (Å²) in [5.41, 5.74) is 0.902. The standard InChI is InChI=1S/C12H21N3O/c1-2-3-11-4-5-14(7-11)10-15-9-13-6-12(15)8-16/h6,9,11,16H,2-5,7-8,10H2,1H3. The van der Waals surface area contributed by atoms with Gasteiger partial charge in [0.05, 0.1) is 31.5 Å². The van der Waals surface area contributed by atoms with Gasteiger partial charge in [0, 0.05) is 13.1 Å². The number of hydrogen-bond acceptors (Lipinski definition) is 3. The van der Waals surface area contributed by atoms with Gasteiger partial charge in [0.2, 0.25) is 0 Å². The Morgan fingerprint density at radius 2 is 2.44 bits per heavy atom. The summed E-state index contributed by atoms with van der Waals surface area (Å²) in [6.07, 6.45) is 7.48. The van der Waals surface area contributed by atoms with Gasteiger partial charge in [-0.3, -0.25) is 4.90 Å². The SMILES string of the molecule is CCCC1CCN(Cn2cncc2CO)C1. The molecule has 1 saturated heterocycles. The molecule has 0 aromatic carbocycles. The molecule has 1 N–H and O–H groups in total. The molecule has 2 heterocycles. The van der Waals surface area contributed by atoms with Crippen LogP contribution in [0.15, 0.2) is 12.5 Å². The van der Waals surface area contributed by atoms with Crippen molar-refractivity contribution < 1.29 is 5.11 Å². The molecule has 2 rings (SSSR count). The molecule has 1 aliphatic rings. The van der Waals surface area contributed by atoms with Gasteiger partial charge < -0.3 is 9.67 Å². The van der Waals surface area contributed by atoms with Crippen LogP contribution in [0.5, 0.6) is 0 Å². The van der Waals surface area contributed by atoms with Gasteiger partial charge in [-0.25, -0.2) is 4.98 Å². The lowest BCUT2D eigenvalue weighted by atomic mass is 10.0. The van der Waals surface area contributed by atoms with Crippen molar-refractivity contribution in [1.29, 1.82) is 0 Å². The minimum atomic E-state index is 0.0756. The second-order valence-electron chi connectivity index (χ2n) is 4.67. The van der Waals surface area contributed by atoms with E-state index in [1.807, 2.05) is 4.57 Å². The summed E-state index contributed by atoms with van der Waals surface area (Å²) in [4.78, 5) is 6.51. The quantitative estimate of drug-likeness (QED) is 0.821. The number of rotatable bonds is 5. The highest BCUT2D eigenvalue weighted by Crippen LogP contribution is 2.21. The van der Waals surface area contributed by atoms with Gasteiger partial charge in [-0.05, 0) is 18.8 Å². The Hall–Kier alpha value is -0.870. The van der Waals surface area contributed by atoms with E-state index in [9.17, 15) is 0 Å². The number of likely N-dealkylation sites (tertiary alicyclic amines) is 1. The first-order valence-electron chi connectivity index (χ1n) is 6.15. The summed E-state index contributed by atoms with van der Waals surface area (Å²) in [6.45, 7) is 5.56. The van der Waals surface area contributed by atoms with E-state index in [1.165, 1.54) is 32.4 Å². The maximum Gasteiger partial charge on any atom is 0.0960 e. The number of aromatic nitrogens is 2. The molecule has 0 spiro atoms. The highest BCUT2D eigenvalue weighted by molar-refractivity contribution is 4.96. The van der Waals surface area contributed by atoms with E-state index >= 15 is 0 Å². The first-order chi connectivity index (χ1) is 7.83. The van der Waals surface area contributed by atoms with E-state index < -0.39 is 0 Å². The molecule has 0 radical (unpaired) electrons. The molecule has 0 saturated carbocycles. The fourth-order valence-electron chi connectivity index (χ4n) is 2.51. The monoisotopic (exact) mass is 223 g/mol. The molecule has 0 aliphatic carbocycles. The van der Waals surface area contributed by atoms with Crippen LogP contribution in [0.3, 0.4) is 0 Å². The third-order valence-corrected chi connectivity index (χ3v) is 3.38. The zero-order valence-corrected chi connectivity index (χ0v) is 9.97. The zero-order valence-electron chi connectivity index (χ0n) is 9.97. The molecule has 0 bridgehead atoms. The minimum absolute atomic E-state index is 0.0756. The number of hydrogen-bond donors (Lipinski definition) is 1. The summed E-state index contributed by atoms with van der Waals surface area (Å²) < 4.78 is 2.04. The van der Waals surface area contributed by atoms with Crippen LogP contribution in [0.25, 0.3) is 0 Å². The smallest absolute Gasteiger partial charge is 0.0960 e. The number of aliphatic hydroxyl groups is 1. The van der Waals surface area contributed by atoms with Gasteiger partial charge in [0.15, 0.2) is 0 Å². The fraction of sp³-hybridized carbons (Fsp3) is 0.750. The van der Waals surface area contributed by atoms with Crippen molar-refractivity contribution >= 4 is 0 Å².